The first-order valence-electron chi connectivity index (χ1n) is 15.5. The second-order valence-electron chi connectivity index (χ2n) is 12.6. The Kier molecular flexibility index (Phi) is 6.96. The molecule has 0 bridgehead atoms. The van der Waals surface area contributed by atoms with Crippen molar-refractivity contribution in [2.75, 3.05) is 16.4 Å². The molecule has 4 amide bonds. The van der Waals surface area contributed by atoms with E-state index < -0.39 is 70.4 Å². The Bertz CT molecular complexity index is 1900. The van der Waals surface area contributed by atoms with Crippen LogP contribution in [0.3, 0.4) is 0 Å². The molecule has 11 heteroatoms. The number of aromatic carboxylic acids is 1. The van der Waals surface area contributed by atoms with Crippen LogP contribution in [0.2, 0.25) is 0 Å². The lowest BCUT2D eigenvalue weighted by Gasteiger charge is -2.49. The Morgan fingerprint density at radius 2 is 1.64 bits per heavy atom. The number of amides is 4. The molecule has 0 unspecified atom stereocenters. The molecule has 0 radical (unpaired) electrons. The van der Waals surface area contributed by atoms with Crippen LogP contribution in [0.25, 0.3) is 0 Å². The van der Waals surface area contributed by atoms with Crippen LogP contribution in [0.15, 0.2) is 78.4 Å². The number of carboxylic acids is 1. The number of carbonyl (C=O) groups excluding carboxylic acids is 4. The summed E-state index contributed by atoms with van der Waals surface area (Å²) in [5.41, 5.74) is -0.172. The standard InChI is InChI=1S/C36H32N2O9/c1-3-47-27-11-7-10-23(30(27)40)29-20-14-15-22-28(33(43)37(31(22)41)19-12-13-21(34(44)45)26(39)16-19)24(20)17-25-32(42)38(35(46)36(25,29)2)18-8-5-4-6-9-18/h4-14,16,22,24-25,28-29,39-40H,3,15,17H2,1-2H3,(H,44,45)/t22-,24+,25-,28-,29+,36+/m0/s1. The molecule has 47 heavy (non-hydrogen) atoms. The molecule has 1 saturated carbocycles. The summed E-state index contributed by atoms with van der Waals surface area (Å²) in [7, 11) is 0. The smallest absolute Gasteiger partial charge is 0.339 e. The number of aromatic hydroxyl groups is 2. The van der Waals surface area contributed by atoms with E-state index in [0.717, 1.165) is 17.0 Å². The molecule has 3 aromatic rings. The molecular formula is C36H32N2O9. The Morgan fingerprint density at radius 1 is 0.894 bits per heavy atom. The van der Waals surface area contributed by atoms with E-state index in [2.05, 4.69) is 0 Å². The summed E-state index contributed by atoms with van der Waals surface area (Å²) in [6.45, 7) is 3.80. The molecule has 3 fully saturated rings. The SMILES string of the molecule is CCOc1cccc([C@H]2C3=CC[C@@H]4C(=O)N(c5ccc(C(=O)O)c(O)c5)C(=O)[C@@H]4[C@@H]3C[C@H]3C(=O)N(c4ccccc4)C(=O)[C@@]23C)c1O. The summed E-state index contributed by atoms with van der Waals surface area (Å²) in [4.78, 5) is 70.5. The van der Waals surface area contributed by atoms with Crippen molar-refractivity contribution >= 4 is 41.0 Å². The van der Waals surface area contributed by atoms with Gasteiger partial charge < -0.3 is 20.1 Å². The molecule has 2 aliphatic carbocycles. The third-order valence-corrected chi connectivity index (χ3v) is 10.4. The maximum atomic E-state index is 14.5. The fraction of sp³-hybridized carbons (Fsp3) is 0.306. The number of fused-ring (bicyclic) bond motifs is 4. The minimum Gasteiger partial charge on any atom is -0.507 e. The highest BCUT2D eigenvalue weighted by atomic mass is 16.5. The second-order valence-corrected chi connectivity index (χ2v) is 12.6. The lowest BCUT2D eigenvalue weighted by Crippen LogP contribution is -2.48. The van der Waals surface area contributed by atoms with Gasteiger partial charge in [-0.3, -0.25) is 19.2 Å². The zero-order chi connectivity index (χ0) is 33.4. The molecule has 7 rings (SSSR count). The number of hydrogen-bond donors (Lipinski definition) is 3. The van der Waals surface area contributed by atoms with Crippen LogP contribution in [0, 0.1) is 29.1 Å². The van der Waals surface area contributed by atoms with Gasteiger partial charge in [0.2, 0.25) is 23.6 Å². The number of anilines is 2. The van der Waals surface area contributed by atoms with Gasteiger partial charge in [0.15, 0.2) is 11.5 Å². The summed E-state index contributed by atoms with van der Waals surface area (Å²) in [5, 5.41) is 31.2. The topological polar surface area (TPSA) is 162 Å². The van der Waals surface area contributed by atoms with E-state index in [0.29, 0.717) is 16.8 Å². The number of allylic oxidation sites excluding steroid dienone is 2. The second kappa shape index (κ2) is 10.8. The van der Waals surface area contributed by atoms with E-state index in [4.69, 9.17) is 4.74 Å². The first-order valence-corrected chi connectivity index (χ1v) is 15.5. The molecule has 2 heterocycles. The largest absolute Gasteiger partial charge is 0.507 e. The number of carbonyl (C=O) groups is 5. The van der Waals surface area contributed by atoms with Crippen molar-refractivity contribution in [1.29, 1.82) is 0 Å². The minimum absolute atomic E-state index is 0.0417. The van der Waals surface area contributed by atoms with E-state index in [1.807, 2.05) is 6.08 Å². The van der Waals surface area contributed by atoms with E-state index in [9.17, 15) is 39.3 Å². The van der Waals surface area contributed by atoms with Crippen LogP contribution in [0.1, 0.15) is 48.5 Å². The lowest BCUT2D eigenvalue weighted by atomic mass is 9.51. The van der Waals surface area contributed by atoms with Gasteiger partial charge in [-0.15, -0.1) is 0 Å². The maximum Gasteiger partial charge on any atom is 0.339 e. The molecule has 0 aromatic heterocycles. The monoisotopic (exact) mass is 636 g/mol. The van der Waals surface area contributed by atoms with Crippen molar-refractivity contribution in [3.8, 4) is 17.2 Å². The molecule has 6 atom stereocenters. The predicted octanol–water partition coefficient (Wildman–Crippen LogP) is 4.63. The molecule has 2 saturated heterocycles. The summed E-state index contributed by atoms with van der Waals surface area (Å²) >= 11 is 0. The molecule has 11 nitrogen and oxygen atoms in total. The Hall–Kier alpha value is -5.45. The normalized spacial score (nSPS) is 28.1. The maximum absolute atomic E-state index is 14.5. The number of nitrogens with zero attached hydrogens (tertiary/aromatic N) is 2. The van der Waals surface area contributed by atoms with Gasteiger partial charge >= 0.3 is 5.97 Å². The van der Waals surface area contributed by atoms with E-state index in [1.54, 1.807) is 62.4 Å². The third-order valence-electron chi connectivity index (χ3n) is 10.4. The minimum atomic E-state index is -1.36. The zero-order valence-corrected chi connectivity index (χ0v) is 25.6. The average molecular weight is 637 g/mol. The van der Waals surface area contributed by atoms with Gasteiger partial charge in [0.05, 0.1) is 41.2 Å². The molecule has 3 aromatic carbocycles. The third kappa shape index (κ3) is 4.22. The van der Waals surface area contributed by atoms with E-state index >= 15 is 0 Å². The molecule has 240 valence electrons. The van der Waals surface area contributed by atoms with Crippen molar-refractivity contribution in [2.24, 2.45) is 29.1 Å². The van der Waals surface area contributed by atoms with Gasteiger partial charge in [-0.1, -0.05) is 42.0 Å². The highest BCUT2D eigenvalue weighted by molar-refractivity contribution is 6.25. The quantitative estimate of drug-likeness (QED) is 0.259. The van der Waals surface area contributed by atoms with Gasteiger partial charge in [-0.2, -0.15) is 0 Å². The summed E-state index contributed by atoms with van der Waals surface area (Å²) < 4.78 is 5.69. The molecule has 4 aliphatic rings. The first kappa shape index (κ1) is 30.2. The van der Waals surface area contributed by atoms with Crippen molar-refractivity contribution in [3.05, 3.63) is 89.5 Å². The number of carboxylic acid groups (broad SMARTS) is 1. The van der Waals surface area contributed by atoms with Crippen LogP contribution < -0.4 is 14.5 Å². The highest BCUT2D eigenvalue weighted by Crippen LogP contribution is 2.65. The van der Waals surface area contributed by atoms with Gasteiger partial charge in [-0.05, 0) is 62.9 Å². The summed E-state index contributed by atoms with van der Waals surface area (Å²) in [6.07, 6.45) is 2.16. The number of phenols is 2. The average Bonchev–Trinajstić information content (AvgIpc) is 3.42. The van der Waals surface area contributed by atoms with Crippen molar-refractivity contribution in [2.45, 2.75) is 32.6 Å². The number of phenolic OH excluding ortho intramolecular Hbond substituents is 1. The fourth-order valence-corrected chi connectivity index (χ4v) is 8.32. The van der Waals surface area contributed by atoms with Crippen LogP contribution in [-0.2, 0) is 19.2 Å². The predicted molar refractivity (Wildman–Crippen MR) is 168 cm³/mol. The van der Waals surface area contributed by atoms with Crippen LogP contribution in [-0.4, -0.2) is 51.5 Å². The van der Waals surface area contributed by atoms with Crippen LogP contribution in [0.4, 0.5) is 11.4 Å². The lowest BCUT2D eigenvalue weighted by molar-refractivity contribution is -0.131. The summed E-state index contributed by atoms with van der Waals surface area (Å²) in [5.74, 6) is -7.75. The van der Waals surface area contributed by atoms with Gasteiger partial charge in [0, 0.05) is 17.5 Å². The number of hydrogen-bond acceptors (Lipinski definition) is 8. The van der Waals surface area contributed by atoms with Crippen molar-refractivity contribution < 1.29 is 44.0 Å². The number of ether oxygens (including phenoxy) is 1. The molecule has 0 spiro atoms. The van der Waals surface area contributed by atoms with Gasteiger partial charge in [0.25, 0.3) is 0 Å². The van der Waals surface area contributed by atoms with Gasteiger partial charge in [-0.25, -0.2) is 14.6 Å². The number of rotatable bonds is 6. The van der Waals surface area contributed by atoms with Crippen molar-refractivity contribution in [1.82, 2.24) is 0 Å². The number of benzene rings is 3. The number of para-hydroxylation sites is 2. The fourth-order valence-electron chi connectivity index (χ4n) is 8.32. The summed E-state index contributed by atoms with van der Waals surface area (Å²) in [6, 6.07) is 17.2. The van der Waals surface area contributed by atoms with E-state index in [-0.39, 0.29) is 42.2 Å². The van der Waals surface area contributed by atoms with Crippen LogP contribution >= 0.6 is 0 Å². The number of imide groups is 2. The first-order chi connectivity index (χ1) is 22.5. The Balaban J connectivity index is 1.36. The molecule has 2 aliphatic heterocycles. The van der Waals surface area contributed by atoms with Crippen LogP contribution in [0.5, 0.6) is 17.2 Å². The highest BCUT2D eigenvalue weighted by Gasteiger charge is 2.68. The molecular weight excluding hydrogens is 604 g/mol. The zero-order valence-electron chi connectivity index (χ0n) is 25.6. The Morgan fingerprint density at radius 3 is 2.32 bits per heavy atom. The Labute approximate surface area is 269 Å². The van der Waals surface area contributed by atoms with Crippen molar-refractivity contribution in [3.63, 3.8) is 0 Å². The molecule has 3 N–H and O–H groups in total. The van der Waals surface area contributed by atoms with E-state index in [1.165, 1.54) is 11.0 Å². The van der Waals surface area contributed by atoms with Gasteiger partial charge in [0.1, 0.15) is 11.3 Å².